The molecule has 172 valence electrons. The third kappa shape index (κ3) is 5.26. The molecule has 4 aromatic rings. The topological polar surface area (TPSA) is 43.4 Å². The summed E-state index contributed by atoms with van der Waals surface area (Å²) >= 11 is 0. The van der Waals surface area contributed by atoms with Crippen molar-refractivity contribution >= 4 is 22.1 Å². The van der Waals surface area contributed by atoms with Crippen LogP contribution in [0, 0.1) is 5.82 Å². The van der Waals surface area contributed by atoms with Gasteiger partial charge in [-0.15, -0.1) is 0 Å². The van der Waals surface area contributed by atoms with Crippen LogP contribution in [0.2, 0.25) is 0 Å². The Labute approximate surface area is 200 Å². The van der Waals surface area contributed by atoms with E-state index in [2.05, 4.69) is 0 Å². The third-order valence-corrected chi connectivity index (χ3v) is 8.64. The summed E-state index contributed by atoms with van der Waals surface area (Å²) in [4.78, 5) is 28.4. The van der Waals surface area contributed by atoms with Crippen LogP contribution in [0.1, 0.15) is 29.6 Å². The highest BCUT2D eigenvalue weighted by atomic mass is 32.3. The number of halogens is 1. The summed E-state index contributed by atoms with van der Waals surface area (Å²) in [6.07, 6.45) is 0.641. The Bertz CT molecular complexity index is 1130. The molecule has 0 saturated carbocycles. The van der Waals surface area contributed by atoms with Crippen molar-refractivity contribution in [3.05, 3.63) is 127 Å². The summed E-state index contributed by atoms with van der Waals surface area (Å²) in [5.41, 5.74) is 0.438. The van der Waals surface area contributed by atoms with Gasteiger partial charge in [0, 0.05) is 33.1 Å². The number of ketones is 1. The Morgan fingerprint density at radius 1 is 0.618 bits per heavy atom. The second-order valence-corrected chi connectivity index (χ2v) is 10.4. The van der Waals surface area contributed by atoms with Crippen LogP contribution >= 0.6 is 10.3 Å². The van der Waals surface area contributed by atoms with Gasteiger partial charge in [0.2, 0.25) is 0 Å². The monoisotopic (exact) mass is 472 g/mol. The van der Waals surface area contributed by atoms with Crippen molar-refractivity contribution in [3.8, 4) is 0 Å². The molecule has 4 rings (SSSR count). The fraction of sp³-hybridized carbons (Fsp3) is 0.103. The van der Waals surface area contributed by atoms with E-state index in [0.29, 0.717) is 12.0 Å². The van der Waals surface area contributed by atoms with E-state index in [4.69, 9.17) is 4.18 Å². The fourth-order valence-corrected chi connectivity index (χ4v) is 6.83. The average Bonchev–Trinajstić information content (AvgIpc) is 2.89. The van der Waals surface area contributed by atoms with Gasteiger partial charge in [-0.2, -0.15) is 0 Å². The van der Waals surface area contributed by atoms with E-state index >= 15 is 0 Å². The summed E-state index contributed by atoms with van der Waals surface area (Å²) in [7, 11) is -2.32. The zero-order valence-electron chi connectivity index (χ0n) is 18.6. The first kappa shape index (κ1) is 23.5. The Morgan fingerprint density at radius 2 is 1.06 bits per heavy atom. The molecule has 4 aromatic carbocycles. The van der Waals surface area contributed by atoms with Crippen LogP contribution in [0.15, 0.2) is 130 Å². The maximum absolute atomic E-state index is 13.2. The Kier molecular flexibility index (Phi) is 7.55. The normalized spacial score (nSPS) is 11.6. The molecular formula is C29H25FO3S. The lowest BCUT2D eigenvalue weighted by Gasteiger charge is -2.39. The molecule has 3 nitrogen and oxygen atoms in total. The first-order chi connectivity index (χ1) is 16.6. The van der Waals surface area contributed by atoms with Gasteiger partial charge < -0.3 is 4.18 Å². The minimum Gasteiger partial charge on any atom is -0.402 e. The van der Waals surface area contributed by atoms with Crippen LogP contribution in [0.25, 0.3) is 0 Å². The van der Waals surface area contributed by atoms with Gasteiger partial charge in [-0.3, -0.25) is 9.59 Å². The predicted octanol–water partition coefficient (Wildman–Crippen LogP) is 7.62. The van der Waals surface area contributed by atoms with Crippen molar-refractivity contribution in [3.63, 3.8) is 0 Å². The van der Waals surface area contributed by atoms with E-state index in [1.165, 1.54) is 24.3 Å². The second-order valence-electron chi connectivity index (χ2n) is 7.73. The average molecular weight is 473 g/mol. The molecule has 0 heterocycles. The second kappa shape index (κ2) is 10.9. The fourth-order valence-electron chi connectivity index (χ4n) is 3.74. The van der Waals surface area contributed by atoms with Gasteiger partial charge >= 0.3 is 5.97 Å². The van der Waals surface area contributed by atoms with E-state index in [1.807, 2.05) is 91.0 Å². The highest BCUT2D eigenvalue weighted by Crippen LogP contribution is 2.69. The molecule has 0 aliphatic rings. The molecule has 5 heteroatoms. The van der Waals surface area contributed by atoms with Gasteiger partial charge in [-0.25, -0.2) is 4.39 Å². The van der Waals surface area contributed by atoms with Crippen LogP contribution in [0.5, 0.6) is 0 Å². The van der Waals surface area contributed by atoms with Crippen molar-refractivity contribution < 1.29 is 18.2 Å². The molecule has 0 aromatic heterocycles. The lowest BCUT2D eigenvalue weighted by Crippen LogP contribution is -2.14. The maximum Gasteiger partial charge on any atom is 0.317 e. The van der Waals surface area contributed by atoms with Gasteiger partial charge in [0.15, 0.2) is 5.78 Å². The third-order valence-electron chi connectivity index (χ3n) is 5.39. The summed E-state index contributed by atoms with van der Waals surface area (Å²) in [5, 5.41) is 0. The Balaban J connectivity index is 1.59. The first-order valence-electron chi connectivity index (χ1n) is 11.1. The number of carbonyl (C=O) groups excluding carboxylic acids is 2. The molecule has 0 aliphatic heterocycles. The number of benzene rings is 4. The van der Waals surface area contributed by atoms with E-state index in [1.54, 1.807) is 0 Å². The maximum atomic E-state index is 13.2. The molecule has 0 radical (unpaired) electrons. The molecule has 0 aliphatic carbocycles. The van der Waals surface area contributed by atoms with Crippen molar-refractivity contribution in [1.29, 1.82) is 0 Å². The summed E-state index contributed by atoms with van der Waals surface area (Å²) in [6, 6.07) is 34.8. The molecule has 0 spiro atoms. The highest BCUT2D eigenvalue weighted by Gasteiger charge is 2.35. The van der Waals surface area contributed by atoms with Crippen LogP contribution in [0.3, 0.4) is 0 Å². The molecule has 0 saturated heterocycles. The van der Waals surface area contributed by atoms with Crippen LogP contribution < -0.4 is 0 Å². The molecule has 0 amide bonds. The molecule has 0 unspecified atom stereocenters. The van der Waals surface area contributed by atoms with Gasteiger partial charge in [0.1, 0.15) is 5.82 Å². The molecule has 0 fully saturated rings. The van der Waals surface area contributed by atoms with Crippen LogP contribution in [-0.4, -0.2) is 11.8 Å². The van der Waals surface area contributed by atoms with E-state index in [-0.39, 0.29) is 30.4 Å². The standard InChI is InChI=1S/C29H25FO3S/c30-24-21-19-23(20-22-24)28(31)17-10-18-29(32)33-34(25-11-4-1-5-12-25,26-13-6-2-7-14-26)27-15-8-3-9-16-27/h1-9,11-16,19-22H,10,17-18H2. The van der Waals surface area contributed by atoms with Crippen molar-refractivity contribution in [2.45, 2.75) is 33.9 Å². The minimum atomic E-state index is -2.32. The summed E-state index contributed by atoms with van der Waals surface area (Å²) in [5.74, 6) is -0.874. The molecule has 34 heavy (non-hydrogen) atoms. The van der Waals surface area contributed by atoms with Gasteiger partial charge in [0.25, 0.3) is 0 Å². The first-order valence-corrected chi connectivity index (χ1v) is 12.6. The van der Waals surface area contributed by atoms with E-state index < -0.39 is 10.3 Å². The molecule has 0 N–H and O–H groups in total. The van der Waals surface area contributed by atoms with Crippen molar-refractivity contribution in [1.82, 2.24) is 0 Å². The zero-order chi connectivity index (χ0) is 23.8. The number of Topliss-reactive ketones (excluding diaryl/α,β-unsaturated/α-hetero) is 1. The lowest BCUT2D eigenvalue weighted by atomic mass is 10.1. The summed E-state index contributed by atoms with van der Waals surface area (Å²) < 4.78 is 19.5. The highest BCUT2D eigenvalue weighted by molar-refractivity contribution is 8.30. The van der Waals surface area contributed by atoms with E-state index in [9.17, 15) is 14.0 Å². The molecule has 0 bridgehead atoms. The number of rotatable bonds is 9. The Morgan fingerprint density at radius 3 is 1.50 bits per heavy atom. The molecule has 0 atom stereocenters. The number of carbonyl (C=O) groups is 2. The lowest BCUT2D eigenvalue weighted by molar-refractivity contribution is -0.133. The van der Waals surface area contributed by atoms with Gasteiger partial charge in [-0.05, 0) is 77.4 Å². The quantitative estimate of drug-likeness (QED) is 0.235. The predicted molar refractivity (Wildman–Crippen MR) is 132 cm³/mol. The van der Waals surface area contributed by atoms with Gasteiger partial charge in [-0.1, -0.05) is 54.6 Å². The minimum absolute atomic E-state index is 0.105. The number of hydrogen-bond donors (Lipinski definition) is 0. The van der Waals surface area contributed by atoms with Crippen molar-refractivity contribution in [2.24, 2.45) is 0 Å². The Hall–Kier alpha value is -3.70. The zero-order valence-corrected chi connectivity index (χ0v) is 19.4. The van der Waals surface area contributed by atoms with Gasteiger partial charge in [0.05, 0.1) is 0 Å². The van der Waals surface area contributed by atoms with Crippen LogP contribution in [0.4, 0.5) is 4.39 Å². The molecular weight excluding hydrogens is 447 g/mol. The van der Waals surface area contributed by atoms with Crippen molar-refractivity contribution in [2.75, 3.05) is 0 Å². The van der Waals surface area contributed by atoms with Crippen LogP contribution in [-0.2, 0) is 8.98 Å². The smallest absolute Gasteiger partial charge is 0.317 e. The number of hydrogen-bond acceptors (Lipinski definition) is 3. The largest absolute Gasteiger partial charge is 0.402 e. The van der Waals surface area contributed by atoms with E-state index in [0.717, 1.165) is 14.7 Å². The summed E-state index contributed by atoms with van der Waals surface area (Å²) in [6.45, 7) is 0. The SMILES string of the molecule is O=C(CCCC(=O)c1ccc(F)cc1)OS(c1ccccc1)(c1ccccc1)c1ccccc1.